The van der Waals surface area contributed by atoms with Crippen LogP contribution in [0.2, 0.25) is 0 Å². The van der Waals surface area contributed by atoms with Crippen molar-refractivity contribution in [3.63, 3.8) is 0 Å². The zero-order chi connectivity index (χ0) is 9.84. The summed E-state index contributed by atoms with van der Waals surface area (Å²) in [6, 6.07) is 2.80. The Hall–Kier alpha value is -1.58. The molecule has 0 aliphatic rings. The maximum atomic E-state index is 11.2. The summed E-state index contributed by atoms with van der Waals surface area (Å²) < 4.78 is 6.11. The second kappa shape index (κ2) is 3.89. The molecule has 1 heterocycles. The van der Waals surface area contributed by atoms with E-state index >= 15 is 0 Å². The van der Waals surface area contributed by atoms with Crippen molar-refractivity contribution in [2.45, 2.75) is 6.92 Å². The second-order valence-electron chi connectivity index (χ2n) is 2.59. The average Bonchev–Trinajstić information content (AvgIpc) is 2.10. The molecule has 0 fully saturated rings. The molecule has 0 aliphatic carbocycles. The van der Waals surface area contributed by atoms with Crippen LogP contribution in [0.15, 0.2) is 23.1 Å². The molecule has 0 aromatic carbocycles. The lowest BCUT2D eigenvalue weighted by Crippen LogP contribution is -2.17. The maximum Gasteiger partial charge on any atom is 0.339 e. The third-order valence-corrected chi connectivity index (χ3v) is 1.60. The highest BCUT2D eigenvalue weighted by Crippen LogP contribution is 1.97. The molecule has 0 aliphatic heterocycles. The van der Waals surface area contributed by atoms with Crippen LogP contribution >= 0.6 is 0 Å². The first-order valence-corrected chi connectivity index (χ1v) is 3.99. The summed E-state index contributed by atoms with van der Waals surface area (Å²) in [6.45, 7) is 2.07. The van der Waals surface area contributed by atoms with Crippen LogP contribution in [0.1, 0.15) is 17.3 Å². The molecular weight excluding hydrogens is 170 g/mol. The topological polar surface area (TPSA) is 48.3 Å². The molecule has 70 valence electrons. The van der Waals surface area contributed by atoms with Gasteiger partial charge in [-0.15, -0.1) is 0 Å². The average molecular weight is 181 g/mol. The first kappa shape index (κ1) is 9.51. The van der Waals surface area contributed by atoms with E-state index in [4.69, 9.17) is 4.74 Å². The molecule has 13 heavy (non-hydrogen) atoms. The van der Waals surface area contributed by atoms with Gasteiger partial charge < -0.3 is 9.30 Å². The van der Waals surface area contributed by atoms with Crippen LogP contribution in [0.4, 0.5) is 0 Å². The molecule has 0 bridgehead atoms. The smallest absolute Gasteiger partial charge is 0.339 e. The lowest BCUT2D eigenvalue weighted by molar-refractivity contribution is 0.0525. The van der Waals surface area contributed by atoms with Crippen molar-refractivity contribution in [3.8, 4) is 0 Å². The van der Waals surface area contributed by atoms with Gasteiger partial charge in [-0.2, -0.15) is 0 Å². The highest BCUT2D eigenvalue weighted by molar-refractivity contribution is 5.88. The minimum absolute atomic E-state index is 0.145. The number of aromatic nitrogens is 1. The number of hydrogen-bond acceptors (Lipinski definition) is 3. The van der Waals surface area contributed by atoms with Gasteiger partial charge in [-0.05, 0) is 13.0 Å². The minimum Gasteiger partial charge on any atom is -0.462 e. The molecule has 0 saturated carbocycles. The summed E-state index contributed by atoms with van der Waals surface area (Å²) in [6.07, 6.45) is 1.46. The van der Waals surface area contributed by atoms with Crippen molar-refractivity contribution in [1.82, 2.24) is 4.57 Å². The van der Waals surface area contributed by atoms with Crippen LogP contribution in [0.3, 0.4) is 0 Å². The van der Waals surface area contributed by atoms with E-state index in [9.17, 15) is 9.59 Å². The molecule has 0 radical (unpaired) electrons. The molecule has 4 heteroatoms. The summed E-state index contributed by atoms with van der Waals surface area (Å²) in [5.41, 5.74) is 0.247. The van der Waals surface area contributed by atoms with Gasteiger partial charge in [0.2, 0.25) is 5.56 Å². The van der Waals surface area contributed by atoms with Gasteiger partial charge >= 0.3 is 5.97 Å². The molecule has 1 aromatic heterocycles. The predicted molar refractivity (Wildman–Crippen MR) is 47.6 cm³/mol. The van der Waals surface area contributed by atoms with Crippen LogP contribution in [0.25, 0.3) is 0 Å². The van der Waals surface area contributed by atoms with E-state index < -0.39 is 5.97 Å². The molecule has 0 amide bonds. The van der Waals surface area contributed by atoms with Crippen LogP contribution in [-0.4, -0.2) is 17.1 Å². The molecule has 1 rings (SSSR count). The standard InChI is InChI=1S/C9H11NO3/c1-3-13-9(12)7-4-5-8(11)10(2)6-7/h4-6H,3H2,1-2H3. The predicted octanol–water partition coefficient (Wildman–Crippen LogP) is 0.562. The highest BCUT2D eigenvalue weighted by Gasteiger charge is 2.05. The van der Waals surface area contributed by atoms with Crippen molar-refractivity contribution in [2.75, 3.05) is 6.61 Å². The fourth-order valence-electron chi connectivity index (χ4n) is 0.929. The Morgan fingerprint density at radius 2 is 2.23 bits per heavy atom. The summed E-state index contributed by atoms with van der Waals surface area (Å²) in [7, 11) is 1.59. The van der Waals surface area contributed by atoms with Gasteiger partial charge in [-0.25, -0.2) is 4.79 Å². The lowest BCUT2D eigenvalue weighted by Gasteiger charge is -2.02. The largest absolute Gasteiger partial charge is 0.462 e. The fraction of sp³-hybridized carbons (Fsp3) is 0.333. The number of hydrogen-bond donors (Lipinski definition) is 0. The van der Waals surface area contributed by atoms with E-state index in [1.165, 1.54) is 22.9 Å². The third kappa shape index (κ3) is 2.18. The van der Waals surface area contributed by atoms with E-state index in [0.717, 1.165) is 0 Å². The number of aryl methyl sites for hydroxylation is 1. The molecule has 1 aromatic rings. The maximum absolute atomic E-state index is 11.2. The fourth-order valence-corrected chi connectivity index (χ4v) is 0.929. The van der Waals surface area contributed by atoms with E-state index in [1.54, 1.807) is 14.0 Å². The quantitative estimate of drug-likeness (QED) is 0.626. The Morgan fingerprint density at radius 3 is 2.77 bits per heavy atom. The Bertz CT molecular complexity index is 367. The molecule has 0 atom stereocenters. The van der Waals surface area contributed by atoms with Crippen LogP contribution in [-0.2, 0) is 11.8 Å². The summed E-state index contributed by atoms with van der Waals surface area (Å²) >= 11 is 0. The number of esters is 1. The number of carbonyl (C=O) groups is 1. The Labute approximate surface area is 75.8 Å². The molecule has 0 N–H and O–H groups in total. The molecule has 0 unspecified atom stereocenters. The molecule has 4 nitrogen and oxygen atoms in total. The zero-order valence-corrected chi connectivity index (χ0v) is 7.61. The molecule has 0 saturated heterocycles. The lowest BCUT2D eigenvalue weighted by atomic mass is 10.3. The zero-order valence-electron chi connectivity index (χ0n) is 7.61. The number of carbonyl (C=O) groups excluding carboxylic acids is 1. The number of pyridine rings is 1. The van der Waals surface area contributed by atoms with Gasteiger partial charge in [0.15, 0.2) is 0 Å². The van der Waals surface area contributed by atoms with Gasteiger partial charge in [-0.1, -0.05) is 0 Å². The van der Waals surface area contributed by atoms with E-state index in [-0.39, 0.29) is 5.56 Å². The van der Waals surface area contributed by atoms with E-state index in [1.807, 2.05) is 0 Å². The molecule has 0 spiro atoms. The van der Waals surface area contributed by atoms with Crippen molar-refractivity contribution < 1.29 is 9.53 Å². The Kier molecular flexibility index (Phi) is 2.84. The first-order valence-electron chi connectivity index (χ1n) is 3.99. The van der Waals surface area contributed by atoms with Crippen molar-refractivity contribution in [2.24, 2.45) is 7.05 Å². The van der Waals surface area contributed by atoms with Gasteiger partial charge in [0.1, 0.15) is 0 Å². The second-order valence-corrected chi connectivity index (χ2v) is 2.59. The van der Waals surface area contributed by atoms with Gasteiger partial charge in [-0.3, -0.25) is 4.79 Å². The van der Waals surface area contributed by atoms with E-state index in [2.05, 4.69) is 0 Å². The van der Waals surface area contributed by atoms with E-state index in [0.29, 0.717) is 12.2 Å². The molecular formula is C9H11NO3. The Balaban J connectivity index is 2.97. The number of ether oxygens (including phenoxy) is 1. The van der Waals surface area contributed by atoms with Gasteiger partial charge in [0.25, 0.3) is 0 Å². The number of rotatable bonds is 2. The Morgan fingerprint density at radius 1 is 1.54 bits per heavy atom. The van der Waals surface area contributed by atoms with Gasteiger partial charge in [0.05, 0.1) is 12.2 Å². The summed E-state index contributed by atoms with van der Waals surface area (Å²) in [5.74, 6) is -0.405. The van der Waals surface area contributed by atoms with Crippen LogP contribution in [0, 0.1) is 0 Å². The summed E-state index contributed by atoms with van der Waals surface area (Å²) in [5, 5.41) is 0. The number of nitrogens with zero attached hydrogens (tertiary/aromatic N) is 1. The van der Waals surface area contributed by atoms with Crippen molar-refractivity contribution in [3.05, 3.63) is 34.2 Å². The van der Waals surface area contributed by atoms with Crippen molar-refractivity contribution in [1.29, 1.82) is 0 Å². The van der Waals surface area contributed by atoms with Crippen molar-refractivity contribution >= 4 is 5.97 Å². The first-order chi connectivity index (χ1) is 6.15. The minimum atomic E-state index is -0.405. The third-order valence-electron chi connectivity index (χ3n) is 1.60. The van der Waals surface area contributed by atoms with Crippen LogP contribution < -0.4 is 5.56 Å². The van der Waals surface area contributed by atoms with Gasteiger partial charge in [0, 0.05) is 19.3 Å². The monoisotopic (exact) mass is 181 g/mol. The normalized spacial score (nSPS) is 9.69. The highest BCUT2D eigenvalue weighted by atomic mass is 16.5. The SMILES string of the molecule is CCOC(=O)c1ccc(=O)n(C)c1. The van der Waals surface area contributed by atoms with Crippen LogP contribution in [0.5, 0.6) is 0 Å². The summed E-state index contributed by atoms with van der Waals surface area (Å²) in [4.78, 5) is 22.1.